The van der Waals surface area contributed by atoms with Gasteiger partial charge in [0.05, 0.1) is 9.95 Å². The zero-order chi connectivity index (χ0) is 15.6. The van der Waals surface area contributed by atoms with Crippen molar-refractivity contribution in [2.24, 2.45) is 0 Å². The van der Waals surface area contributed by atoms with E-state index in [0.717, 1.165) is 12.1 Å². The molecule has 0 amide bonds. The molecule has 8 heteroatoms. The largest absolute Gasteiger partial charge is 0.478 e. The van der Waals surface area contributed by atoms with Gasteiger partial charge in [0.15, 0.2) is 0 Å². The summed E-state index contributed by atoms with van der Waals surface area (Å²) < 4.78 is 5.40. The van der Waals surface area contributed by atoms with Crippen molar-refractivity contribution in [1.82, 2.24) is 0 Å². The Kier molecular flexibility index (Phi) is 4.30. The van der Waals surface area contributed by atoms with Crippen LogP contribution >= 0.6 is 23.2 Å². The number of benzene rings is 2. The number of nitrogens with zero attached hydrogens (tertiary/aromatic N) is 1. The molecule has 0 radical (unpaired) electrons. The van der Waals surface area contributed by atoms with Crippen LogP contribution < -0.4 is 4.74 Å². The summed E-state index contributed by atoms with van der Waals surface area (Å²) in [7, 11) is 0. The molecule has 2 rings (SSSR count). The maximum absolute atomic E-state index is 11.2. The number of non-ortho nitro benzene ring substituents is 1. The summed E-state index contributed by atoms with van der Waals surface area (Å²) in [6.45, 7) is 0. The summed E-state index contributed by atoms with van der Waals surface area (Å²) in [6.07, 6.45) is 0. The first kappa shape index (κ1) is 15.1. The second-order valence-electron chi connectivity index (χ2n) is 3.90. The molecule has 2 aromatic carbocycles. The Morgan fingerprint density at radius 3 is 2.52 bits per heavy atom. The highest BCUT2D eigenvalue weighted by molar-refractivity contribution is 6.42. The van der Waals surface area contributed by atoms with Gasteiger partial charge in [-0.2, -0.15) is 0 Å². The summed E-state index contributed by atoms with van der Waals surface area (Å²) in [4.78, 5) is 21.2. The molecule has 0 aliphatic carbocycles. The van der Waals surface area contributed by atoms with Crippen molar-refractivity contribution in [1.29, 1.82) is 0 Å². The van der Waals surface area contributed by atoms with Gasteiger partial charge >= 0.3 is 5.97 Å². The minimum absolute atomic E-state index is 0.0720. The Balaban J connectivity index is 2.46. The zero-order valence-corrected chi connectivity index (χ0v) is 11.8. The standard InChI is InChI=1S/C13H7Cl2NO5/c14-9-2-1-3-11(12(9)15)21-10-5-4-7(16(19)20)6-8(10)13(17)18/h1-6H,(H,17,18). The van der Waals surface area contributed by atoms with Gasteiger partial charge in [-0.15, -0.1) is 0 Å². The topological polar surface area (TPSA) is 89.7 Å². The van der Waals surface area contributed by atoms with Crippen LogP contribution in [0.1, 0.15) is 10.4 Å². The van der Waals surface area contributed by atoms with Crippen LogP contribution in [0.4, 0.5) is 5.69 Å². The van der Waals surface area contributed by atoms with Crippen molar-refractivity contribution in [3.63, 3.8) is 0 Å². The van der Waals surface area contributed by atoms with Gasteiger partial charge in [-0.3, -0.25) is 10.1 Å². The van der Waals surface area contributed by atoms with E-state index in [1.54, 1.807) is 12.1 Å². The number of halogens is 2. The third-order valence-corrected chi connectivity index (χ3v) is 3.34. The quantitative estimate of drug-likeness (QED) is 0.664. The Morgan fingerprint density at radius 2 is 1.90 bits per heavy atom. The first-order valence-electron chi connectivity index (χ1n) is 5.53. The highest BCUT2D eigenvalue weighted by atomic mass is 35.5. The second kappa shape index (κ2) is 5.99. The summed E-state index contributed by atoms with van der Waals surface area (Å²) in [5, 5.41) is 20.2. The number of aromatic carboxylic acids is 1. The van der Waals surface area contributed by atoms with Crippen LogP contribution in [0.5, 0.6) is 11.5 Å². The lowest BCUT2D eigenvalue weighted by molar-refractivity contribution is -0.384. The predicted octanol–water partition coefficient (Wildman–Crippen LogP) is 4.39. The lowest BCUT2D eigenvalue weighted by atomic mass is 10.2. The fourth-order valence-corrected chi connectivity index (χ4v) is 1.90. The molecule has 21 heavy (non-hydrogen) atoms. The maximum Gasteiger partial charge on any atom is 0.339 e. The number of rotatable bonds is 4. The van der Waals surface area contributed by atoms with Gasteiger partial charge in [0.1, 0.15) is 22.1 Å². The number of hydrogen-bond acceptors (Lipinski definition) is 4. The zero-order valence-electron chi connectivity index (χ0n) is 10.2. The number of nitro groups is 1. The molecular weight excluding hydrogens is 321 g/mol. The number of ether oxygens (including phenoxy) is 1. The van der Waals surface area contributed by atoms with Crippen LogP contribution in [0.15, 0.2) is 36.4 Å². The van der Waals surface area contributed by atoms with E-state index >= 15 is 0 Å². The third kappa shape index (κ3) is 3.24. The van der Waals surface area contributed by atoms with E-state index in [4.69, 9.17) is 33.0 Å². The van der Waals surface area contributed by atoms with Gasteiger partial charge in [0.25, 0.3) is 5.69 Å². The first-order valence-corrected chi connectivity index (χ1v) is 6.29. The molecule has 0 atom stereocenters. The monoisotopic (exact) mass is 327 g/mol. The summed E-state index contributed by atoms with van der Waals surface area (Å²) in [5.74, 6) is -1.27. The Hall–Kier alpha value is -2.31. The molecular formula is C13H7Cl2NO5. The van der Waals surface area contributed by atoms with Crippen LogP contribution in [0.2, 0.25) is 10.0 Å². The molecule has 0 fully saturated rings. The highest BCUT2D eigenvalue weighted by Gasteiger charge is 2.18. The van der Waals surface area contributed by atoms with Gasteiger partial charge < -0.3 is 9.84 Å². The van der Waals surface area contributed by atoms with Crippen molar-refractivity contribution >= 4 is 34.9 Å². The third-order valence-electron chi connectivity index (χ3n) is 2.54. The number of carboxylic acids is 1. The molecule has 0 bridgehead atoms. The second-order valence-corrected chi connectivity index (χ2v) is 4.68. The molecule has 0 heterocycles. The fourth-order valence-electron chi connectivity index (χ4n) is 1.57. The van der Waals surface area contributed by atoms with Crippen LogP contribution in [0.3, 0.4) is 0 Å². The predicted molar refractivity (Wildman–Crippen MR) is 76.6 cm³/mol. The van der Waals surface area contributed by atoms with E-state index in [-0.39, 0.29) is 32.8 Å². The molecule has 0 saturated carbocycles. The van der Waals surface area contributed by atoms with Crippen LogP contribution in [-0.4, -0.2) is 16.0 Å². The number of carboxylic acid groups (broad SMARTS) is 1. The maximum atomic E-state index is 11.2. The molecule has 2 aromatic rings. The minimum Gasteiger partial charge on any atom is -0.478 e. The molecule has 0 aliphatic heterocycles. The van der Waals surface area contributed by atoms with Crippen LogP contribution in [0, 0.1) is 10.1 Å². The van der Waals surface area contributed by atoms with E-state index < -0.39 is 10.9 Å². The molecule has 0 aromatic heterocycles. The Morgan fingerprint density at radius 1 is 1.19 bits per heavy atom. The lowest BCUT2D eigenvalue weighted by Gasteiger charge is -2.10. The lowest BCUT2D eigenvalue weighted by Crippen LogP contribution is -2.01. The van der Waals surface area contributed by atoms with Crippen molar-refractivity contribution < 1.29 is 19.6 Å². The average molecular weight is 328 g/mol. The summed E-state index contributed by atoms with van der Waals surface area (Å²) in [6, 6.07) is 7.87. The number of hydrogen-bond donors (Lipinski definition) is 1. The van der Waals surface area contributed by atoms with E-state index in [1.807, 2.05) is 0 Å². The molecule has 6 nitrogen and oxygen atoms in total. The molecule has 0 aliphatic rings. The fraction of sp³-hybridized carbons (Fsp3) is 0. The van der Waals surface area contributed by atoms with Gasteiger partial charge in [0.2, 0.25) is 0 Å². The molecule has 108 valence electrons. The van der Waals surface area contributed by atoms with Gasteiger partial charge in [-0.05, 0) is 18.2 Å². The van der Waals surface area contributed by atoms with Crippen LogP contribution in [-0.2, 0) is 0 Å². The van der Waals surface area contributed by atoms with E-state index in [1.165, 1.54) is 12.1 Å². The van der Waals surface area contributed by atoms with Crippen molar-refractivity contribution in [3.8, 4) is 11.5 Å². The first-order chi connectivity index (χ1) is 9.90. The number of nitro benzene ring substituents is 1. The molecule has 0 spiro atoms. The van der Waals surface area contributed by atoms with Crippen molar-refractivity contribution in [2.75, 3.05) is 0 Å². The van der Waals surface area contributed by atoms with Gasteiger partial charge in [0, 0.05) is 12.1 Å². The summed E-state index contributed by atoms with van der Waals surface area (Å²) >= 11 is 11.8. The molecule has 0 saturated heterocycles. The smallest absolute Gasteiger partial charge is 0.339 e. The van der Waals surface area contributed by atoms with Crippen molar-refractivity contribution in [2.45, 2.75) is 0 Å². The Labute approximate surface area is 128 Å². The van der Waals surface area contributed by atoms with Gasteiger partial charge in [-0.1, -0.05) is 29.3 Å². The molecule has 1 N–H and O–H groups in total. The summed E-state index contributed by atoms with van der Waals surface area (Å²) in [5.41, 5.74) is -0.697. The van der Waals surface area contributed by atoms with E-state index in [0.29, 0.717) is 0 Å². The highest BCUT2D eigenvalue weighted by Crippen LogP contribution is 2.36. The van der Waals surface area contributed by atoms with Crippen LogP contribution in [0.25, 0.3) is 0 Å². The average Bonchev–Trinajstić information content (AvgIpc) is 2.43. The van der Waals surface area contributed by atoms with E-state index in [2.05, 4.69) is 0 Å². The Bertz CT molecular complexity index is 732. The minimum atomic E-state index is -1.35. The number of carbonyl (C=O) groups is 1. The SMILES string of the molecule is O=C(O)c1cc([N+](=O)[O-])ccc1Oc1cccc(Cl)c1Cl. The normalized spacial score (nSPS) is 10.2. The van der Waals surface area contributed by atoms with E-state index in [9.17, 15) is 14.9 Å². The molecule has 0 unspecified atom stereocenters. The van der Waals surface area contributed by atoms with Crippen molar-refractivity contribution in [3.05, 3.63) is 62.1 Å². The van der Waals surface area contributed by atoms with Gasteiger partial charge in [-0.25, -0.2) is 4.79 Å².